The Morgan fingerprint density at radius 1 is 0.958 bits per heavy atom. The first-order valence-electron chi connectivity index (χ1n) is 7.89. The standard InChI is InChI=1S/C19H20BrNO3/c20-16-10-4-5-11-17(16)21-18(22)12-13-19(23)24-14-6-9-15-7-2-1-3-8-15/h1-5,7-8,10-11H,6,9,12-14H2,(H,21,22). The molecule has 0 fully saturated rings. The second-order valence-corrected chi connectivity index (χ2v) is 6.19. The molecule has 0 aliphatic heterocycles. The molecule has 0 atom stereocenters. The number of nitrogens with one attached hydrogen (secondary N) is 1. The largest absolute Gasteiger partial charge is 0.466 e. The van der Waals surface area contributed by atoms with Crippen molar-refractivity contribution in [3.8, 4) is 0 Å². The number of hydrogen-bond acceptors (Lipinski definition) is 3. The van der Waals surface area contributed by atoms with E-state index in [4.69, 9.17) is 4.74 Å². The summed E-state index contributed by atoms with van der Waals surface area (Å²) >= 11 is 3.36. The molecule has 2 aromatic carbocycles. The first-order valence-corrected chi connectivity index (χ1v) is 8.68. The summed E-state index contributed by atoms with van der Waals surface area (Å²) in [5.41, 5.74) is 1.92. The van der Waals surface area contributed by atoms with Gasteiger partial charge in [0.2, 0.25) is 5.91 Å². The van der Waals surface area contributed by atoms with Gasteiger partial charge in [0.05, 0.1) is 18.7 Å². The van der Waals surface area contributed by atoms with Crippen LogP contribution in [0.4, 0.5) is 5.69 Å². The van der Waals surface area contributed by atoms with Gasteiger partial charge in [-0.05, 0) is 46.5 Å². The Morgan fingerprint density at radius 2 is 1.67 bits per heavy atom. The van der Waals surface area contributed by atoms with Crippen LogP contribution in [-0.2, 0) is 20.7 Å². The van der Waals surface area contributed by atoms with E-state index in [9.17, 15) is 9.59 Å². The number of halogens is 1. The maximum absolute atomic E-state index is 11.8. The number of benzene rings is 2. The van der Waals surface area contributed by atoms with Crippen LogP contribution >= 0.6 is 15.9 Å². The van der Waals surface area contributed by atoms with E-state index >= 15 is 0 Å². The molecule has 0 radical (unpaired) electrons. The summed E-state index contributed by atoms with van der Waals surface area (Å²) in [6.07, 6.45) is 1.84. The fourth-order valence-corrected chi connectivity index (χ4v) is 2.55. The van der Waals surface area contributed by atoms with E-state index in [0.717, 1.165) is 17.3 Å². The highest BCUT2D eigenvalue weighted by molar-refractivity contribution is 9.10. The van der Waals surface area contributed by atoms with Crippen LogP contribution in [0.5, 0.6) is 0 Å². The first kappa shape index (κ1) is 18.2. The highest BCUT2D eigenvalue weighted by Gasteiger charge is 2.09. The number of aryl methyl sites for hydroxylation is 1. The van der Waals surface area contributed by atoms with Crippen LogP contribution in [0.15, 0.2) is 59.1 Å². The van der Waals surface area contributed by atoms with Crippen molar-refractivity contribution in [1.29, 1.82) is 0 Å². The minimum atomic E-state index is -0.342. The molecule has 0 saturated heterocycles. The molecule has 1 N–H and O–H groups in total. The third-order valence-electron chi connectivity index (χ3n) is 3.42. The molecule has 0 aromatic heterocycles. The van der Waals surface area contributed by atoms with Crippen molar-refractivity contribution in [2.24, 2.45) is 0 Å². The Labute approximate surface area is 150 Å². The lowest BCUT2D eigenvalue weighted by Crippen LogP contribution is -2.15. The highest BCUT2D eigenvalue weighted by Crippen LogP contribution is 2.21. The third-order valence-corrected chi connectivity index (χ3v) is 4.11. The van der Waals surface area contributed by atoms with Crippen LogP contribution in [0.2, 0.25) is 0 Å². The average molecular weight is 390 g/mol. The molecular weight excluding hydrogens is 370 g/mol. The number of ether oxygens (including phenoxy) is 1. The summed E-state index contributed by atoms with van der Waals surface area (Å²) < 4.78 is 5.97. The van der Waals surface area contributed by atoms with E-state index in [1.54, 1.807) is 6.07 Å². The quantitative estimate of drug-likeness (QED) is 0.539. The number of esters is 1. The van der Waals surface area contributed by atoms with Gasteiger partial charge in [0.25, 0.3) is 0 Å². The molecule has 0 bridgehead atoms. The highest BCUT2D eigenvalue weighted by atomic mass is 79.9. The zero-order valence-corrected chi connectivity index (χ0v) is 14.9. The second kappa shape index (κ2) is 9.88. The van der Waals surface area contributed by atoms with Gasteiger partial charge in [-0.3, -0.25) is 9.59 Å². The summed E-state index contributed by atoms with van der Waals surface area (Å²) in [6, 6.07) is 17.4. The number of anilines is 1. The van der Waals surface area contributed by atoms with E-state index in [-0.39, 0.29) is 24.7 Å². The SMILES string of the molecule is O=C(CCC(=O)OCCCc1ccccc1)Nc1ccccc1Br. The molecule has 24 heavy (non-hydrogen) atoms. The van der Waals surface area contributed by atoms with Gasteiger partial charge in [0.1, 0.15) is 0 Å². The van der Waals surface area contributed by atoms with Gasteiger partial charge in [0.15, 0.2) is 0 Å². The van der Waals surface area contributed by atoms with Crippen molar-refractivity contribution in [3.63, 3.8) is 0 Å². The van der Waals surface area contributed by atoms with Crippen molar-refractivity contribution in [3.05, 3.63) is 64.6 Å². The van der Waals surface area contributed by atoms with Gasteiger partial charge in [-0.2, -0.15) is 0 Å². The fourth-order valence-electron chi connectivity index (χ4n) is 2.17. The molecule has 1 amide bonds. The van der Waals surface area contributed by atoms with Gasteiger partial charge in [0, 0.05) is 10.9 Å². The summed E-state index contributed by atoms with van der Waals surface area (Å²) in [7, 11) is 0. The molecule has 2 aromatic rings. The third kappa shape index (κ3) is 6.54. The molecule has 0 unspecified atom stereocenters. The fraction of sp³-hybridized carbons (Fsp3) is 0.263. The molecule has 5 heteroatoms. The molecule has 0 aliphatic rings. The summed E-state index contributed by atoms with van der Waals surface area (Å²) in [5, 5.41) is 2.76. The minimum absolute atomic E-state index is 0.0849. The van der Waals surface area contributed by atoms with Gasteiger partial charge in [-0.15, -0.1) is 0 Å². The Bertz CT molecular complexity index is 673. The molecule has 2 rings (SSSR count). The van der Waals surface area contributed by atoms with Gasteiger partial charge >= 0.3 is 5.97 Å². The van der Waals surface area contributed by atoms with E-state index < -0.39 is 0 Å². The van der Waals surface area contributed by atoms with Gasteiger partial charge in [-0.25, -0.2) is 0 Å². The summed E-state index contributed by atoms with van der Waals surface area (Å²) in [6.45, 7) is 0.375. The zero-order valence-electron chi connectivity index (χ0n) is 13.3. The van der Waals surface area contributed by atoms with E-state index in [1.165, 1.54) is 5.56 Å². The predicted octanol–water partition coefficient (Wildman–Crippen LogP) is 4.34. The number of para-hydroxylation sites is 1. The minimum Gasteiger partial charge on any atom is -0.466 e. The number of hydrogen-bond donors (Lipinski definition) is 1. The molecule has 0 saturated carbocycles. The zero-order chi connectivity index (χ0) is 17.2. The molecule has 4 nitrogen and oxygen atoms in total. The van der Waals surface area contributed by atoms with Crippen LogP contribution in [-0.4, -0.2) is 18.5 Å². The molecular formula is C19H20BrNO3. The average Bonchev–Trinajstić information content (AvgIpc) is 2.60. The van der Waals surface area contributed by atoms with Crippen molar-refractivity contribution in [1.82, 2.24) is 0 Å². The van der Waals surface area contributed by atoms with Crippen LogP contribution in [0, 0.1) is 0 Å². The maximum Gasteiger partial charge on any atom is 0.306 e. The molecule has 126 valence electrons. The summed E-state index contributed by atoms with van der Waals surface area (Å²) in [5.74, 6) is -0.548. The normalized spacial score (nSPS) is 10.2. The van der Waals surface area contributed by atoms with Crippen molar-refractivity contribution in [2.45, 2.75) is 25.7 Å². The van der Waals surface area contributed by atoms with Crippen molar-refractivity contribution < 1.29 is 14.3 Å². The first-order chi connectivity index (χ1) is 11.6. The lowest BCUT2D eigenvalue weighted by molar-refractivity contribution is -0.144. The predicted molar refractivity (Wildman–Crippen MR) is 97.7 cm³/mol. The Balaban J connectivity index is 1.60. The van der Waals surface area contributed by atoms with Crippen molar-refractivity contribution >= 4 is 33.5 Å². The Morgan fingerprint density at radius 3 is 2.42 bits per heavy atom. The van der Waals surface area contributed by atoms with E-state index in [1.807, 2.05) is 48.5 Å². The monoisotopic (exact) mass is 389 g/mol. The van der Waals surface area contributed by atoms with Gasteiger partial charge < -0.3 is 10.1 Å². The van der Waals surface area contributed by atoms with Gasteiger partial charge in [-0.1, -0.05) is 42.5 Å². The number of amides is 1. The lowest BCUT2D eigenvalue weighted by Gasteiger charge is -2.07. The molecule has 0 heterocycles. The maximum atomic E-state index is 11.8. The number of rotatable bonds is 8. The lowest BCUT2D eigenvalue weighted by atomic mass is 10.1. The van der Waals surface area contributed by atoms with E-state index in [2.05, 4.69) is 21.2 Å². The van der Waals surface area contributed by atoms with E-state index in [0.29, 0.717) is 12.3 Å². The van der Waals surface area contributed by atoms with Crippen LogP contribution < -0.4 is 5.32 Å². The Hall–Kier alpha value is -2.14. The second-order valence-electron chi connectivity index (χ2n) is 5.34. The Kier molecular flexibility index (Phi) is 7.49. The molecule has 0 aliphatic carbocycles. The van der Waals surface area contributed by atoms with Crippen LogP contribution in [0.25, 0.3) is 0 Å². The smallest absolute Gasteiger partial charge is 0.306 e. The van der Waals surface area contributed by atoms with Crippen LogP contribution in [0.3, 0.4) is 0 Å². The van der Waals surface area contributed by atoms with Crippen molar-refractivity contribution in [2.75, 3.05) is 11.9 Å². The topological polar surface area (TPSA) is 55.4 Å². The van der Waals surface area contributed by atoms with Crippen LogP contribution in [0.1, 0.15) is 24.8 Å². The number of carbonyl (C=O) groups excluding carboxylic acids is 2. The summed E-state index contributed by atoms with van der Waals surface area (Å²) in [4.78, 5) is 23.5. The molecule has 0 spiro atoms. The number of carbonyl (C=O) groups is 2.